The fourth-order valence-corrected chi connectivity index (χ4v) is 1.82. The lowest BCUT2D eigenvalue weighted by atomic mass is 10.2. The van der Waals surface area contributed by atoms with E-state index in [9.17, 15) is 0 Å². The topological polar surface area (TPSA) is 48.3 Å². The van der Waals surface area contributed by atoms with Gasteiger partial charge in [0.05, 0.1) is 37.8 Å². The Hall–Kier alpha value is -1.07. The second kappa shape index (κ2) is 7.38. The Morgan fingerprint density at radius 2 is 2.17 bits per heavy atom. The number of aromatic nitrogens is 2. The zero-order valence-corrected chi connectivity index (χ0v) is 12.1. The van der Waals surface area contributed by atoms with Crippen LogP contribution in [0.3, 0.4) is 0 Å². The van der Waals surface area contributed by atoms with Crippen molar-refractivity contribution >= 4 is 0 Å². The fourth-order valence-electron chi connectivity index (χ4n) is 1.82. The Kier molecular flexibility index (Phi) is 6.15. The van der Waals surface area contributed by atoms with Gasteiger partial charge in [0.25, 0.3) is 0 Å². The van der Waals surface area contributed by atoms with Crippen LogP contribution in [0, 0.1) is 0 Å². The molecule has 0 aliphatic carbocycles. The Morgan fingerprint density at radius 1 is 1.44 bits per heavy atom. The van der Waals surface area contributed by atoms with Crippen molar-refractivity contribution in [1.82, 2.24) is 15.1 Å². The summed E-state index contributed by atoms with van der Waals surface area (Å²) in [7, 11) is 3.59. The Balaban J connectivity index is 2.82. The van der Waals surface area contributed by atoms with Gasteiger partial charge in [0.15, 0.2) is 5.75 Å². The molecular formula is C13H25N3O2. The summed E-state index contributed by atoms with van der Waals surface area (Å²) in [6, 6.07) is 0.106. The average Bonchev–Trinajstić information content (AvgIpc) is 2.71. The molecule has 18 heavy (non-hydrogen) atoms. The van der Waals surface area contributed by atoms with Crippen LogP contribution in [0.5, 0.6) is 5.75 Å². The van der Waals surface area contributed by atoms with Crippen molar-refractivity contribution in [1.29, 1.82) is 0 Å². The van der Waals surface area contributed by atoms with Gasteiger partial charge < -0.3 is 14.8 Å². The maximum Gasteiger partial charge on any atom is 0.161 e. The molecule has 0 fully saturated rings. The van der Waals surface area contributed by atoms with Crippen LogP contribution in [0.1, 0.15) is 38.9 Å². The highest BCUT2D eigenvalue weighted by molar-refractivity contribution is 5.28. The molecule has 0 saturated carbocycles. The van der Waals surface area contributed by atoms with Crippen LogP contribution in [0.4, 0.5) is 0 Å². The van der Waals surface area contributed by atoms with E-state index in [-0.39, 0.29) is 12.1 Å². The van der Waals surface area contributed by atoms with Gasteiger partial charge in [0.1, 0.15) is 0 Å². The minimum Gasteiger partial charge on any atom is -0.493 e. The molecule has 0 aromatic carbocycles. The monoisotopic (exact) mass is 255 g/mol. The summed E-state index contributed by atoms with van der Waals surface area (Å²) in [5, 5.41) is 7.72. The van der Waals surface area contributed by atoms with Crippen LogP contribution in [0.25, 0.3) is 0 Å². The van der Waals surface area contributed by atoms with Crippen LogP contribution in [-0.4, -0.2) is 36.1 Å². The smallest absolute Gasteiger partial charge is 0.161 e. The van der Waals surface area contributed by atoms with Crippen molar-refractivity contribution in [3.05, 3.63) is 11.9 Å². The predicted octanol–water partition coefficient (Wildman–Crippen LogP) is 1.89. The van der Waals surface area contributed by atoms with Crippen molar-refractivity contribution in [2.75, 3.05) is 20.3 Å². The van der Waals surface area contributed by atoms with Gasteiger partial charge in [0.2, 0.25) is 0 Å². The van der Waals surface area contributed by atoms with Crippen molar-refractivity contribution < 1.29 is 9.47 Å². The molecule has 1 aromatic rings. The maximum absolute atomic E-state index is 5.72. The van der Waals surface area contributed by atoms with E-state index in [1.807, 2.05) is 25.6 Å². The van der Waals surface area contributed by atoms with Crippen molar-refractivity contribution in [3.63, 3.8) is 0 Å². The van der Waals surface area contributed by atoms with Crippen LogP contribution in [0.15, 0.2) is 6.20 Å². The van der Waals surface area contributed by atoms with E-state index >= 15 is 0 Å². The molecule has 1 rings (SSSR count). The number of hydrogen-bond donors (Lipinski definition) is 1. The molecule has 5 nitrogen and oxygen atoms in total. The first-order valence-electron chi connectivity index (χ1n) is 6.51. The highest BCUT2D eigenvalue weighted by Crippen LogP contribution is 2.24. The molecule has 5 heteroatoms. The zero-order chi connectivity index (χ0) is 13.5. The number of aryl methyl sites for hydroxylation is 1. The third-order valence-corrected chi connectivity index (χ3v) is 2.74. The van der Waals surface area contributed by atoms with Crippen molar-refractivity contribution in [2.45, 2.75) is 39.3 Å². The van der Waals surface area contributed by atoms with E-state index in [4.69, 9.17) is 9.47 Å². The van der Waals surface area contributed by atoms with Gasteiger partial charge in [-0.3, -0.25) is 4.68 Å². The highest BCUT2D eigenvalue weighted by atomic mass is 16.5. The average molecular weight is 255 g/mol. The number of hydrogen-bond acceptors (Lipinski definition) is 4. The molecular weight excluding hydrogens is 230 g/mol. The van der Waals surface area contributed by atoms with E-state index in [0.717, 1.165) is 24.4 Å². The lowest BCUT2D eigenvalue weighted by Gasteiger charge is -2.21. The first kappa shape index (κ1) is 15.0. The van der Waals surface area contributed by atoms with Crippen molar-refractivity contribution in [3.8, 4) is 5.75 Å². The maximum atomic E-state index is 5.72. The molecule has 1 N–H and O–H groups in total. The Labute approximate surface area is 109 Å². The SMILES string of the molecule is CCCNC(COC(C)C)c1c(OC)cnn1C. The molecule has 0 radical (unpaired) electrons. The quantitative estimate of drug-likeness (QED) is 0.770. The summed E-state index contributed by atoms with van der Waals surface area (Å²) in [5.74, 6) is 0.804. The normalized spacial score (nSPS) is 13.0. The van der Waals surface area contributed by atoms with Gasteiger partial charge in [0, 0.05) is 7.05 Å². The van der Waals surface area contributed by atoms with Crippen LogP contribution < -0.4 is 10.1 Å². The van der Waals surface area contributed by atoms with Gasteiger partial charge in [-0.25, -0.2) is 0 Å². The first-order chi connectivity index (χ1) is 8.60. The minimum absolute atomic E-state index is 0.106. The molecule has 0 aliphatic heterocycles. The zero-order valence-electron chi connectivity index (χ0n) is 12.1. The Morgan fingerprint density at radius 3 is 2.72 bits per heavy atom. The van der Waals surface area contributed by atoms with Gasteiger partial charge in [-0.2, -0.15) is 5.10 Å². The minimum atomic E-state index is 0.106. The molecule has 0 spiro atoms. The summed E-state index contributed by atoms with van der Waals surface area (Å²) < 4.78 is 12.9. The van der Waals surface area contributed by atoms with Gasteiger partial charge in [-0.05, 0) is 26.8 Å². The third kappa shape index (κ3) is 3.99. The number of nitrogens with zero attached hydrogens (tertiary/aromatic N) is 2. The number of rotatable bonds is 8. The number of ether oxygens (including phenoxy) is 2. The van der Waals surface area contributed by atoms with Crippen molar-refractivity contribution in [2.24, 2.45) is 7.05 Å². The summed E-state index contributed by atoms with van der Waals surface area (Å²) >= 11 is 0. The third-order valence-electron chi connectivity index (χ3n) is 2.74. The molecule has 1 unspecified atom stereocenters. The fraction of sp³-hybridized carbons (Fsp3) is 0.769. The molecule has 0 bridgehead atoms. The molecule has 0 aliphatic rings. The molecule has 1 heterocycles. The van der Waals surface area contributed by atoms with E-state index in [1.54, 1.807) is 13.3 Å². The predicted molar refractivity (Wildman–Crippen MR) is 71.9 cm³/mol. The van der Waals surface area contributed by atoms with E-state index in [1.165, 1.54) is 0 Å². The number of nitrogens with one attached hydrogen (secondary N) is 1. The van der Waals surface area contributed by atoms with Gasteiger partial charge in [-0.15, -0.1) is 0 Å². The first-order valence-corrected chi connectivity index (χ1v) is 6.51. The van der Waals surface area contributed by atoms with Gasteiger partial charge >= 0.3 is 0 Å². The second-order valence-electron chi connectivity index (χ2n) is 4.61. The summed E-state index contributed by atoms with van der Waals surface area (Å²) in [4.78, 5) is 0. The van der Waals surface area contributed by atoms with Gasteiger partial charge in [-0.1, -0.05) is 6.92 Å². The second-order valence-corrected chi connectivity index (χ2v) is 4.61. The number of methoxy groups -OCH3 is 1. The molecule has 1 aromatic heterocycles. The lowest BCUT2D eigenvalue weighted by Crippen LogP contribution is -2.29. The van der Waals surface area contributed by atoms with E-state index < -0.39 is 0 Å². The van der Waals surface area contributed by atoms with Crippen LogP contribution in [-0.2, 0) is 11.8 Å². The standard InChI is InChI=1S/C13H25N3O2/c1-6-7-14-11(9-18-10(2)3)13-12(17-5)8-15-16(13)4/h8,10-11,14H,6-7,9H2,1-5H3. The summed E-state index contributed by atoms with van der Waals surface area (Å²) in [5.41, 5.74) is 1.03. The molecule has 104 valence electrons. The van der Waals surface area contributed by atoms with Crippen LogP contribution in [0.2, 0.25) is 0 Å². The summed E-state index contributed by atoms with van der Waals surface area (Å²) in [6.45, 7) is 7.79. The lowest BCUT2D eigenvalue weighted by molar-refractivity contribution is 0.0590. The Bertz CT molecular complexity index is 350. The highest BCUT2D eigenvalue weighted by Gasteiger charge is 2.20. The molecule has 1 atom stereocenters. The van der Waals surface area contributed by atoms with E-state index in [2.05, 4.69) is 17.3 Å². The molecule has 0 amide bonds. The molecule has 0 saturated heterocycles. The van der Waals surface area contributed by atoms with E-state index in [0.29, 0.717) is 6.61 Å². The summed E-state index contributed by atoms with van der Waals surface area (Å²) in [6.07, 6.45) is 3.04. The van der Waals surface area contributed by atoms with Crippen LogP contribution >= 0.6 is 0 Å². The largest absolute Gasteiger partial charge is 0.493 e.